The first kappa shape index (κ1) is 14.4. The van der Waals surface area contributed by atoms with E-state index in [2.05, 4.69) is 13.8 Å². The first-order valence-corrected chi connectivity index (χ1v) is 5.56. The summed E-state index contributed by atoms with van der Waals surface area (Å²) in [6, 6.07) is -0.374. The van der Waals surface area contributed by atoms with Crippen LogP contribution in [-0.2, 0) is 9.53 Å². The van der Waals surface area contributed by atoms with E-state index in [1.165, 1.54) is 0 Å². The van der Waals surface area contributed by atoms with Crippen molar-refractivity contribution in [3.05, 3.63) is 0 Å². The van der Waals surface area contributed by atoms with Crippen molar-refractivity contribution >= 4 is 5.91 Å². The van der Waals surface area contributed by atoms with E-state index >= 15 is 0 Å². The summed E-state index contributed by atoms with van der Waals surface area (Å²) in [7, 11) is 1.64. The Morgan fingerprint density at radius 1 is 1.47 bits per heavy atom. The SMILES string of the molecule is CC[C@H](N)C(=O)N(CCOC)CC(C)C. The maximum absolute atomic E-state index is 11.9. The molecular weight excluding hydrogens is 192 g/mol. The molecule has 90 valence electrons. The van der Waals surface area contributed by atoms with Crippen LogP contribution in [0.3, 0.4) is 0 Å². The molecule has 0 spiro atoms. The molecule has 15 heavy (non-hydrogen) atoms. The molecule has 0 aromatic carbocycles. The molecule has 0 saturated heterocycles. The lowest BCUT2D eigenvalue weighted by atomic mass is 10.1. The molecule has 0 radical (unpaired) electrons. The predicted octanol–water partition coefficient (Wildman–Crippen LogP) is 0.855. The molecule has 0 aliphatic rings. The zero-order valence-corrected chi connectivity index (χ0v) is 10.3. The summed E-state index contributed by atoms with van der Waals surface area (Å²) in [5, 5.41) is 0. The fourth-order valence-electron chi connectivity index (χ4n) is 1.34. The molecule has 4 nitrogen and oxygen atoms in total. The largest absolute Gasteiger partial charge is 0.383 e. The fraction of sp³-hybridized carbons (Fsp3) is 0.909. The van der Waals surface area contributed by atoms with Gasteiger partial charge in [-0.1, -0.05) is 20.8 Å². The number of carbonyl (C=O) groups is 1. The van der Waals surface area contributed by atoms with E-state index in [-0.39, 0.29) is 11.9 Å². The highest BCUT2D eigenvalue weighted by molar-refractivity contribution is 5.81. The molecule has 4 heteroatoms. The minimum atomic E-state index is -0.374. The van der Waals surface area contributed by atoms with Gasteiger partial charge in [-0.2, -0.15) is 0 Å². The third-order valence-corrected chi connectivity index (χ3v) is 2.22. The molecule has 0 aliphatic carbocycles. The number of nitrogens with zero attached hydrogens (tertiary/aromatic N) is 1. The Morgan fingerprint density at radius 3 is 2.47 bits per heavy atom. The minimum absolute atomic E-state index is 0.0308. The summed E-state index contributed by atoms with van der Waals surface area (Å²) in [5.74, 6) is 0.484. The third-order valence-electron chi connectivity index (χ3n) is 2.22. The van der Waals surface area contributed by atoms with Gasteiger partial charge in [0.2, 0.25) is 5.91 Å². The van der Waals surface area contributed by atoms with Gasteiger partial charge < -0.3 is 15.4 Å². The second-order valence-corrected chi connectivity index (χ2v) is 4.19. The van der Waals surface area contributed by atoms with E-state index in [0.29, 0.717) is 25.5 Å². The van der Waals surface area contributed by atoms with Crippen LogP contribution in [0.2, 0.25) is 0 Å². The number of carbonyl (C=O) groups excluding carboxylic acids is 1. The fourth-order valence-corrected chi connectivity index (χ4v) is 1.34. The van der Waals surface area contributed by atoms with Crippen LogP contribution in [0.1, 0.15) is 27.2 Å². The molecule has 0 aromatic heterocycles. The van der Waals surface area contributed by atoms with E-state index in [0.717, 1.165) is 6.54 Å². The highest BCUT2D eigenvalue weighted by atomic mass is 16.5. The number of hydrogen-bond acceptors (Lipinski definition) is 3. The lowest BCUT2D eigenvalue weighted by molar-refractivity contribution is -0.133. The number of nitrogens with two attached hydrogens (primary N) is 1. The van der Waals surface area contributed by atoms with Crippen molar-refractivity contribution in [2.45, 2.75) is 33.2 Å². The van der Waals surface area contributed by atoms with Gasteiger partial charge in [-0.25, -0.2) is 0 Å². The highest BCUT2D eigenvalue weighted by Gasteiger charge is 2.19. The van der Waals surface area contributed by atoms with E-state index < -0.39 is 0 Å². The van der Waals surface area contributed by atoms with Crippen molar-refractivity contribution in [1.82, 2.24) is 4.90 Å². The summed E-state index contributed by atoms with van der Waals surface area (Å²) >= 11 is 0. The van der Waals surface area contributed by atoms with Crippen LogP contribution >= 0.6 is 0 Å². The van der Waals surface area contributed by atoms with Gasteiger partial charge in [0.05, 0.1) is 12.6 Å². The topological polar surface area (TPSA) is 55.6 Å². The van der Waals surface area contributed by atoms with Gasteiger partial charge in [-0.05, 0) is 12.3 Å². The van der Waals surface area contributed by atoms with E-state index in [1.54, 1.807) is 12.0 Å². The maximum atomic E-state index is 11.9. The lowest BCUT2D eigenvalue weighted by Crippen LogP contribution is -2.46. The number of methoxy groups -OCH3 is 1. The minimum Gasteiger partial charge on any atom is -0.383 e. The van der Waals surface area contributed by atoms with E-state index in [9.17, 15) is 4.79 Å². The summed E-state index contributed by atoms with van der Waals surface area (Å²) in [6.07, 6.45) is 0.681. The van der Waals surface area contributed by atoms with Crippen molar-refractivity contribution in [2.75, 3.05) is 26.8 Å². The number of hydrogen-bond donors (Lipinski definition) is 1. The van der Waals surface area contributed by atoms with E-state index in [1.807, 2.05) is 6.92 Å². The Balaban J connectivity index is 4.26. The molecular formula is C11H24N2O2. The number of ether oxygens (including phenoxy) is 1. The van der Waals surface area contributed by atoms with Crippen LogP contribution in [0.4, 0.5) is 0 Å². The van der Waals surface area contributed by atoms with Crippen LogP contribution in [0.25, 0.3) is 0 Å². The summed E-state index contributed by atoms with van der Waals surface area (Å²) in [6.45, 7) is 8.04. The van der Waals surface area contributed by atoms with Gasteiger partial charge in [-0.3, -0.25) is 4.79 Å². The van der Waals surface area contributed by atoms with Crippen LogP contribution in [0.5, 0.6) is 0 Å². The normalized spacial score (nSPS) is 12.9. The van der Waals surface area contributed by atoms with Gasteiger partial charge in [-0.15, -0.1) is 0 Å². The molecule has 1 atom stereocenters. The molecule has 0 aromatic rings. The molecule has 0 fully saturated rings. The Labute approximate surface area is 92.8 Å². The van der Waals surface area contributed by atoms with Crippen molar-refractivity contribution in [2.24, 2.45) is 11.7 Å². The molecule has 0 unspecified atom stereocenters. The number of amides is 1. The molecule has 0 bridgehead atoms. The molecule has 0 heterocycles. The van der Waals surface area contributed by atoms with Crippen molar-refractivity contribution < 1.29 is 9.53 Å². The second-order valence-electron chi connectivity index (χ2n) is 4.19. The summed E-state index contributed by atoms with van der Waals surface area (Å²) < 4.78 is 4.98. The van der Waals surface area contributed by atoms with Crippen LogP contribution in [-0.4, -0.2) is 43.7 Å². The average molecular weight is 216 g/mol. The summed E-state index contributed by atoms with van der Waals surface area (Å²) in [4.78, 5) is 13.7. The maximum Gasteiger partial charge on any atom is 0.239 e. The first-order chi connectivity index (χ1) is 7.02. The highest BCUT2D eigenvalue weighted by Crippen LogP contribution is 2.02. The average Bonchev–Trinajstić information content (AvgIpc) is 2.21. The van der Waals surface area contributed by atoms with Crippen LogP contribution in [0, 0.1) is 5.92 Å². The first-order valence-electron chi connectivity index (χ1n) is 5.56. The van der Waals surface area contributed by atoms with Crippen molar-refractivity contribution in [3.8, 4) is 0 Å². The predicted molar refractivity (Wildman–Crippen MR) is 61.6 cm³/mol. The van der Waals surface area contributed by atoms with Crippen molar-refractivity contribution in [1.29, 1.82) is 0 Å². The number of rotatable bonds is 7. The van der Waals surface area contributed by atoms with Gasteiger partial charge >= 0.3 is 0 Å². The van der Waals surface area contributed by atoms with Gasteiger partial charge in [0.15, 0.2) is 0 Å². The zero-order valence-electron chi connectivity index (χ0n) is 10.3. The molecule has 0 saturated carbocycles. The smallest absolute Gasteiger partial charge is 0.239 e. The lowest BCUT2D eigenvalue weighted by Gasteiger charge is -2.26. The van der Waals surface area contributed by atoms with Crippen LogP contribution in [0.15, 0.2) is 0 Å². The Morgan fingerprint density at radius 2 is 2.07 bits per heavy atom. The molecule has 0 aliphatic heterocycles. The Kier molecular flexibility index (Phi) is 7.34. The monoisotopic (exact) mass is 216 g/mol. The standard InChI is InChI=1S/C11H24N2O2/c1-5-10(12)11(14)13(6-7-15-4)8-9(2)3/h9-10H,5-8,12H2,1-4H3/t10-/m0/s1. The second kappa shape index (κ2) is 7.65. The Hall–Kier alpha value is -0.610. The van der Waals surface area contributed by atoms with E-state index in [4.69, 9.17) is 10.5 Å². The van der Waals surface area contributed by atoms with Crippen LogP contribution < -0.4 is 5.73 Å². The summed E-state index contributed by atoms with van der Waals surface area (Å²) in [5.41, 5.74) is 5.73. The third kappa shape index (κ3) is 5.74. The zero-order chi connectivity index (χ0) is 11.8. The van der Waals surface area contributed by atoms with Crippen molar-refractivity contribution in [3.63, 3.8) is 0 Å². The van der Waals surface area contributed by atoms with Gasteiger partial charge in [0, 0.05) is 20.2 Å². The Bertz CT molecular complexity index is 183. The van der Waals surface area contributed by atoms with Gasteiger partial charge in [0.25, 0.3) is 0 Å². The molecule has 2 N–H and O–H groups in total. The quantitative estimate of drug-likeness (QED) is 0.686. The molecule has 1 amide bonds. The molecule has 0 rings (SSSR count). The van der Waals surface area contributed by atoms with Gasteiger partial charge in [0.1, 0.15) is 0 Å².